The largest absolute Gasteiger partial charge is 0.459 e. The van der Waals surface area contributed by atoms with Gasteiger partial charge < -0.3 is 30.7 Å². The Morgan fingerprint density at radius 3 is 2.46 bits per heavy atom. The second-order valence-corrected chi connectivity index (χ2v) is 9.69. The number of nitrogens with one attached hydrogen (secondary N) is 2. The van der Waals surface area contributed by atoms with E-state index in [1.165, 1.54) is 12.3 Å². The lowest BCUT2D eigenvalue weighted by Crippen LogP contribution is -2.37. The number of nitrogen functional groups attached to an aromatic ring is 1. The van der Waals surface area contributed by atoms with Gasteiger partial charge in [-0.2, -0.15) is 18.2 Å². The molecule has 0 unspecified atom stereocenters. The van der Waals surface area contributed by atoms with Crippen molar-refractivity contribution in [3.05, 3.63) is 42.2 Å². The molecule has 0 aromatic carbocycles. The van der Waals surface area contributed by atoms with Gasteiger partial charge in [0.2, 0.25) is 5.95 Å². The number of anilines is 5. The van der Waals surface area contributed by atoms with Crippen LogP contribution in [0.4, 0.5) is 42.3 Å². The van der Waals surface area contributed by atoms with E-state index in [0.29, 0.717) is 37.8 Å². The minimum absolute atomic E-state index is 0.0254. The Morgan fingerprint density at radius 2 is 1.82 bits per heavy atom. The summed E-state index contributed by atoms with van der Waals surface area (Å²) >= 11 is 0. The molecule has 1 saturated heterocycles. The minimum atomic E-state index is -4.67. The summed E-state index contributed by atoms with van der Waals surface area (Å²) in [6.07, 6.45) is -2.12. The number of carbonyl (C=O) groups excluding carboxylic acids is 1. The van der Waals surface area contributed by atoms with Crippen LogP contribution in [0.25, 0.3) is 11.3 Å². The molecule has 4 rings (SSSR count). The van der Waals surface area contributed by atoms with Crippen molar-refractivity contribution in [1.29, 1.82) is 0 Å². The van der Waals surface area contributed by atoms with E-state index in [9.17, 15) is 18.0 Å². The van der Waals surface area contributed by atoms with E-state index in [-0.39, 0.29) is 35.4 Å². The first-order valence-electron chi connectivity index (χ1n) is 12.1. The Kier molecular flexibility index (Phi) is 8.04. The van der Waals surface area contributed by atoms with Crippen molar-refractivity contribution in [3.8, 4) is 11.3 Å². The monoisotopic (exact) mass is 546 g/mol. The highest BCUT2D eigenvalue weighted by atomic mass is 19.4. The first kappa shape index (κ1) is 27.8. The lowest BCUT2D eigenvalue weighted by atomic mass is 10.1. The Morgan fingerprint density at radius 1 is 1.08 bits per heavy atom. The van der Waals surface area contributed by atoms with E-state index in [4.69, 9.17) is 15.2 Å². The maximum atomic E-state index is 13.8. The third kappa shape index (κ3) is 7.66. The summed E-state index contributed by atoms with van der Waals surface area (Å²) in [6, 6.07) is 5.52. The molecular weight excluding hydrogens is 517 g/mol. The quantitative estimate of drug-likeness (QED) is 0.372. The van der Waals surface area contributed by atoms with Crippen molar-refractivity contribution in [1.82, 2.24) is 19.9 Å². The molecule has 1 fully saturated rings. The maximum Gasteiger partial charge on any atom is 0.417 e. The van der Waals surface area contributed by atoms with Crippen molar-refractivity contribution in [2.75, 3.05) is 54.1 Å². The van der Waals surface area contributed by atoms with Crippen LogP contribution in [0.2, 0.25) is 0 Å². The summed E-state index contributed by atoms with van der Waals surface area (Å²) in [5.74, 6) is 0.255. The molecule has 0 atom stereocenters. The molecule has 0 amide bonds. The van der Waals surface area contributed by atoms with Crippen LogP contribution in [-0.4, -0.2) is 64.4 Å². The number of pyridine rings is 2. The topological polar surface area (TPSA) is 140 Å². The molecule has 1 aliphatic heterocycles. The summed E-state index contributed by atoms with van der Waals surface area (Å²) in [5, 5.41) is 5.95. The van der Waals surface area contributed by atoms with Crippen LogP contribution in [0.15, 0.2) is 36.7 Å². The van der Waals surface area contributed by atoms with Gasteiger partial charge in [-0.15, -0.1) is 0 Å². The molecule has 4 N–H and O–H groups in total. The van der Waals surface area contributed by atoms with Crippen molar-refractivity contribution in [3.63, 3.8) is 0 Å². The zero-order valence-electron chi connectivity index (χ0n) is 21.7. The fourth-order valence-electron chi connectivity index (χ4n) is 3.71. The van der Waals surface area contributed by atoms with Crippen LogP contribution in [0.5, 0.6) is 0 Å². The van der Waals surface area contributed by atoms with Crippen molar-refractivity contribution in [2.24, 2.45) is 0 Å². The normalized spacial score (nSPS) is 14.2. The maximum absolute atomic E-state index is 13.8. The fraction of sp³-hybridized carbons (Fsp3) is 0.400. The smallest absolute Gasteiger partial charge is 0.417 e. The number of morpholine rings is 1. The second-order valence-electron chi connectivity index (χ2n) is 9.69. The highest BCUT2D eigenvalue weighted by molar-refractivity contribution is 5.75. The number of aromatic nitrogens is 4. The van der Waals surface area contributed by atoms with E-state index in [0.717, 1.165) is 12.3 Å². The third-order valence-electron chi connectivity index (χ3n) is 5.38. The third-order valence-corrected chi connectivity index (χ3v) is 5.38. The molecule has 0 saturated carbocycles. The van der Waals surface area contributed by atoms with Crippen LogP contribution in [0.1, 0.15) is 26.3 Å². The Balaban J connectivity index is 1.60. The summed E-state index contributed by atoms with van der Waals surface area (Å²) in [4.78, 5) is 30.8. The molecule has 0 bridgehead atoms. The van der Waals surface area contributed by atoms with Gasteiger partial charge in [-0.25, -0.2) is 15.0 Å². The predicted octanol–water partition coefficient (Wildman–Crippen LogP) is 3.87. The van der Waals surface area contributed by atoms with E-state index in [1.807, 2.05) is 4.90 Å². The number of hydrogen-bond acceptors (Lipinski definition) is 11. The van der Waals surface area contributed by atoms with Crippen molar-refractivity contribution >= 4 is 35.1 Å². The average molecular weight is 547 g/mol. The number of nitrogens with zero attached hydrogens (tertiary/aromatic N) is 5. The Hall–Kier alpha value is -4.20. The van der Waals surface area contributed by atoms with E-state index >= 15 is 0 Å². The van der Waals surface area contributed by atoms with Gasteiger partial charge in [0.05, 0.1) is 36.4 Å². The van der Waals surface area contributed by atoms with Crippen LogP contribution >= 0.6 is 0 Å². The number of esters is 1. The molecule has 3 aromatic heterocycles. The van der Waals surface area contributed by atoms with Gasteiger partial charge in [-0.05, 0) is 39.0 Å². The first-order chi connectivity index (χ1) is 18.4. The zero-order chi connectivity index (χ0) is 28.2. The molecule has 14 heteroatoms. The van der Waals surface area contributed by atoms with Gasteiger partial charge in [0.25, 0.3) is 0 Å². The molecule has 0 spiro atoms. The minimum Gasteiger partial charge on any atom is -0.459 e. The van der Waals surface area contributed by atoms with Crippen LogP contribution < -0.4 is 21.3 Å². The molecule has 1 aliphatic rings. The summed E-state index contributed by atoms with van der Waals surface area (Å²) in [5.41, 5.74) is 4.31. The van der Waals surface area contributed by atoms with E-state index < -0.39 is 23.3 Å². The van der Waals surface area contributed by atoms with Crippen molar-refractivity contribution < 1.29 is 27.4 Å². The van der Waals surface area contributed by atoms with Crippen molar-refractivity contribution in [2.45, 2.75) is 32.5 Å². The van der Waals surface area contributed by atoms with Gasteiger partial charge in [-0.3, -0.25) is 4.79 Å². The highest BCUT2D eigenvalue weighted by Gasteiger charge is 2.35. The zero-order valence-corrected chi connectivity index (χ0v) is 21.7. The SMILES string of the molecule is CC(C)(C)OC(=O)CNc1ccc(Nc2cc(-c3cnc(N)cc3C(F)(F)F)nc(N3CCOCC3)n2)cn1. The van der Waals surface area contributed by atoms with E-state index in [2.05, 4.69) is 30.6 Å². The second kappa shape index (κ2) is 11.3. The molecule has 4 heterocycles. The highest BCUT2D eigenvalue weighted by Crippen LogP contribution is 2.38. The molecule has 39 heavy (non-hydrogen) atoms. The number of rotatable bonds is 7. The number of hydrogen-bond donors (Lipinski definition) is 3. The molecule has 0 aliphatic carbocycles. The average Bonchev–Trinajstić information content (AvgIpc) is 2.87. The number of carbonyl (C=O) groups is 1. The summed E-state index contributed by atoms with van der Waals surface area (Å²) in [6.45, 7) is 7.11. The van der Waals surface area contributed by atoms with Gasteiger partial charge in [0.15, 0.2) is 0 Å². The van der Waals surface area contributed by atoms with Gasteiger partial charge in [0, 0.05) is 30.9 Å². The molecule has 208 valence electrons. The molecule has 11 nitrogen and oxygen atoms in total. The first-order valence-corrected chi connectivity index (χ1v) is 12.1. The lowest BCUT2D eigenvalue weighted by Gasteiger charge is -2.27. The standard InChI is InChI=1S/C25H29F3N8O3/c1-24(2,3)39-22(37)14-32-20-5-4-15(12-31-20)33-21-11-18(34-23(35-21)36-6-8-38-9-7-36)16-13-30-19(29)10-17(16)25(26,27)28/h4-5,10-13H,6-9,14H2,1-3H3,(H2,29,30)(H,31,32)(H,33,34,35). The van der Waals surface area contributed by atoms with Crippen LogP contribution in [0, 0.1) is 0 Å². The lowest BCUT2D eigenvalue weighted by molar-refractivity contribution is -0.152. The molecule has 3 aromatic rings. The fourth-order valence-corrected chi connectivity index (χ4v) is 3.71. The van der Waals surface area contributed by atoms with Gasteiger partial charge in [-0.1, -0.05) is 0 Å². The van der Waals surface area contributed by atoms with E-state index in [1.54, 1.807) is 32.9 Å². The van der Waals surface area contributed by atoms with Crippen LogP contribution in [0.3, 0.4) is 0 Å². The van der Waals surface area contributed by atoms with Gasteiger partial charge in [0.1, 0.15) is 29.6 Å². The number of halogens is 3. The molecule has 0 radical (unpaired) electrons. The Bertz CT molecular complexity index is 1310. The number of alkyl halides is 3. The Labute approximate surface area is 223 Å². The molecular formula is C25H29F3N8O3. The summed E-state index contributed by atoms with van der Waals surface area (Å²) in [7, 11) is 0. The van der Waals surface area contributed by atoms with Gasteiger partial charge >= 0.3 is 12.1 Å². The predicted molar refractivity (Wildman–Crippen MR) is 140 cm³/mol. The summed E-state index contributed by atoms with van der Waals surface area (Å²) < 4.78 is 52.1. The number of ether oxygens (including phenoxy) is 2. The number of nitrogens with two attached hydrogens (primary N) is 1. The van der Waals surface area contributed by atoms with Crippen LogP contribution in [-0.2, 0) is 20.4 Å².